The van der Waals surface area contributed by atoms with Gasteiger partial charge in [0.2, 0.25) is 5.91 Å². The Labute approximate surface area is 109 Å². The van der Waals surface area contributed by atoms with Crippen LogP contribution in [0.25, 0.3) is 0 Å². The van der Waals surface area contributed by atoms with Gasteiger partial charge in [-0.3, -0.25) is 4.79 Å². The first-order valence-corrected chi connectivity index (χ1v) is 7.59. The van der Waals surface area contributed by atoms with Gasteiger partial charge in [0.15, 0.2) is 0 Å². The quantitative estimate of drug-likeness (QED) is 0.694. The Hall–Kier alpha value is -0.610. The minimum Gasteiger partial charge on any atom is -0.354 e. The van der Waals surface area contributed by atoms with E-state index in [1.807, 2.05) is 0 Å². The Morgan fingerprint density at radius 2 is 2.00 bits per heavy atom. The Morgan fingerprint density at radius 1 is 1.11 bits per heavy atom. The van der Waals surface area contributed by atoms with Crippen LogP contribution < -0.4 is 16.0 Å². The van der Waals surface area contributed by atoms with E-state index >= 15 is 0 Å². The van der Waals surface area contributed by atoms with Crippen LogP contribution in [-0.2, 0) is 4.79 Å². The molecule has 3 rings (SSSR count). The third-order valence-electron chi connectivity index (χ3n) is 4.86. The molecule has 18 heavy (non-hydrogen) atoms. The second-order valence-electron chi connectivity index (χ2n) is 6.13. The van der Waals surface area contributed by atoms with Crippen molar-refractivity contribution in [2.75, 3.05) is 13.1 Å². The van der Waals surface area contributed by atoms with Crippen molar-refractivity contribution >= 4 is 5.91 Å². The number of rotatable bonds is 3. The molecule has 3 aliphatic rings. The van der Waals surface area contributed by atoms with Crippen molar-refractivity contribution in [2.24, 2.45) is 5.92 Å². The predicted molar refractivity (Wildman–Crippen MR) is 71.3 cm³/mol. The molecule has 4 atom stereocenters. The Balaban J connectivity index is 1.58. The maximum atomic E-state index is 11.3. The monoisotopic (exact) mass is 251 g/mol. The number of amides is 1. The maximum absolute atomic E-state index is 11.3. The first-order valence-electron chi connectivity index (χ1n) is 7.59. The topological polar surface area (TPSA) is 53.2 Å². The smallest absolute Gasteiger partial charge is 0.221 e. The lowest BCUT2D eigenvalue weighted by atomic mass is 9.79. The van der Waals surface area contributed by atoms with Crippen LogP contribution in [0.3, 0.4) is 0 Å². The summed E-state index contributed by atoms with van der Waals surface area (Å²) >= 11 is 0. The third kappa shape index (κ3) is 2.69. The minimum absolute atomic E-state index is 0.207. The Bertz CT molecular complexity index is 301. The van der Waals surface area contributed by atoms with E-state index in [1.54, 1.807) is 0 Å². The van der Waals surface area contributed by atoms with Gasteiger partial charge in [-0.25, -0.2) is 0 Å². The van der Waals surface area contributed by atoms with Crippen molar-refractivity contribution in [3.8, 4) is 0 Å². The molecule has 0 bridgehead atoms. The van der Waals surface area contributed by atoms with Gasteiger partial charge in [0.1, 0.15) is 0 Å². The molecule has 1 aliphatic carbocycles. The summed E-state index contributed by atoms with van der Waals surface area (Å²) in [7, 11) is 0. The fourth-order valence-corrected chi connectivity index (χ4v) is 3.95. The normalized spacial score (nSPS) is 41.0. The lowest BCUT2D eigenvalue weighted by molar-refractivity contribution is -0.119. The zero-order valence-corrected chi connectivity index (χ0v) is 11.1. The van der Waals surface area contributed by atoms with E-state index in [2.05, 4.69) is 16.0 Å². The van der Waals surface area contributed by atoms with Gasteiger partial charge in [-0.1, -0.05) is 12.8 Å². The summed E-state index contributed by atoms with van der Waals surface area (Å²) in [5.74, 6) is 0.982. The Kier molecular flexibility index (Phi) is 3.85. The van der Waals surface area contributed by atoms with Gasteiger partial charge < -0.3 is 16.0 Å². The molecule has 3 N–H and O–H groups in total. The molecular weight excluding hydrogens is 226 g/mol. The summed E-state index contributed by atoms with van der Waals surface area (Å²) < 4.78 is 0. The Morgan fingerprint density at radius 3 is 2.72 bits per heavy atom. The second kappa shape index (κ2) is 5.57. The summed E-state index contributed by atoms with van der Waals surface area (Å²) in [6.07, 6.45) is 8.69. The molecule has 1 amide bonds. The van der Waals surface area contributed by atoms with Crippen LogP contribution in [0.4, 0.5) is 0 Å². The van der Waals surface area contributed by atoms with Crippen LogP contribution in [0.15, 0.2) is 0 Å². The molecular formula is C14H25N3O. The lowest BCUT2D eigenvalue weighted by Crippen LogP contribution is -2.50. The zero-order valence-electron chi connectivity index (χ0n) is 11.1. The number of carbonyl (C=O) groups excluding carboxylic acids is 1. The first-order chi connectivity index (χ1) is 8.83. The largest absolute Gasteiger partial charge is 0.354 e. The highest BCUT2D eigenvalue weighted by Crippen LogP contribution is 2.31. The molecule has 2 saturated heterocycles. The van der Waals surface area contributed by atoms with Crippen LogP contribution >= 0.6 is 0 Å². The molecule has 2 aliphatic heterocycles. The molecule has 0 spiro atoms. The molecule has 0 radical (unpaired) electrons. The summed E-state index contributed by atoms with van der Waals surface area (Å²) in [5.41, 5.74) is 0. The molecule has 102 valence electrons. The average molecular weight is 251 g/mol. The highest BCUT2D eigenvalue weighted by Gasteiger charge is 2.35. The molecule has 0 aromatic rings. The van der Waals surface area contributed by atoms with E-state index in [9.17, 15) is 4.79 Å². The minimum atomic E-state index is 0.207. The van der Waals surface area contributed by atoms with E-state index in [-0.39, 0.29) is 5.91 Å². The van der Waals surface area contributed by atoms with E-state index in [0.29, 0.717) is 24.5 Å². The van der Waals surface area contributed by atoms with E-state index < -0.39 is 0 Å². The zero-order chi connectivity index (χ0) is 12.4. The van der Waals surface area contributed by atoms with Crippen molar-refractivity contribution in [1.29, 1.82) is 0 Å². The fourth-order valence-electron chi connectivity index (χ4n) is 3.95. The van der Waals surface area contributed by atoms with E-state index in [0.717, 1.165) is 12.5 Å². The molecule has 3 fully saturated rings. The second-order valence-corrected chi connectivity index (χ2v) is 6.13. The molecule has 4 unspecified atom stereocenters. The first kappa shape index (κ1) is 12.4. The van der Waals surface area contributed by atoms with Crippen molar-refractivity contribution < 1.29 is 4.79 Å². The maximum Gasteiger partial charge on any atom is 0.221 e. The van der Waals surface area contributed by atoms with Gasteiger partial charge in [-0.15, -0.1) is 0 Å². The number of carbonyl (C=O) groups is 1. The summed E-state index contributed by atoms with van der Waals surface area (Å²) in [6.45, 7) is 2.01. The van der Waals surface area contributed by atoms with Crippen LogP contribution in [0.5, 0.6) is 0 Å². The van der Waals surface area contributed by atoms with Crippen LogP contribution in [0, 0.1) is 5.92 Å². The van der Waals surface area contributed by atoms with Gasteiger partial charge in [0, 0.05) is 31.1 Å². The van der Waals surface area contributed by atoms with Crippen molar-refractivity contribution in [1.82, 2.24) is 16.0 Å². The summed E-state index contributed by atoms with van der Waals surface area (Å²) in [5, 5.41) is 10.3. The fraction of sp³-hybridized carbons (Fsp3) is 0.929. The van der Waals surface area contributed by atoms with Gasteiger partial charge in [0.25, 0.3) is 0 Å². The van der Waals surface area contributed by atoms with Gasteiger partial charge in [-0.05, 0) is 38.1 Å². The number of hydrogen-bond donors (Lipinski definition) is 3. The number of nitrogens with one attached hydrogen (secondary N) is 3. The highest BCUT2D eigenvalue weighted by atomic mass is 16.1. The average Bonchev–Trinajstić information content (AvgIpc) is 3.02. The lowest BCUT2D eigenvalue weighted by Gasteiger charge is -2.37. The highest BCUT2D eigenvalue weighted by molar-refractivity contribution is 5.78. The van der Waals surface area contributed by atoms with E-state index in [4.69, 9.17) is 0 Å². The van der Waals surface area contributed by atoms with Crippen LogP contribution in [-0.4, -0.2) is 37.1 Å². The van der Waals surface area contributed by atoms with Crippen LogP contribution in [0.2, 0.25) is 0 Å². The molecule has 4 heteroatoms. The van der Waals surface area contributed by atoms with Crippen molar-refractivity contribution in [2.45, 2.75) is 63.1 Å². The van der Waals surface area contributed by atoms with Gasteiger partial charge >= 0.3 is 0 Å². The number of hydrogen-bond acceptors (Lipinski definition) is 3. The third-order valence-corrected chi connectivity index (χ3v) is 4.86. The predicted octanol–water partition coefficient (Wildman–Crippen LogP) is 0.775. The standard InChI is InChI=1S/C14H25N3O/c18-14-8-10(9-16-14)17-13-5-2-1-4-11(13)12-6-3-7-15-12/h10-13,15,17H,1-9H2,(H,16,18). The van der Waals surface area contributed by atoms with Gasteiger partial charge in [0.05, 0.1) is 0 Å². The molecule has 2 heterocycles. The molecule has 1 saturated carbocycles. The van der Waals surface area contributed by atoms with Gasteiger partial charge in [-0.2, -0.15) is 0 Å². The molecule has 0 aromatic carbocycles. The van der Waals surface area contributed by atoms with Crippen molar-refractivity contribution in [3.63, 3.8) is 0 Å². The molecule has 4 nitrogen and oxygen atoms in total. The summed E-state index contributed by atoms with van der Waals surface area (Å²) in [4.78, 5) is 11.3. The SMILES string of the molecule is O=C1CC(NC2CCCCC2C2CCCN2)CN1. The molecule has 0 aromatic heterocycles. The van der Waals surface area contributed by atoms with E-state index in [1.165, 1.54) is 45.1 Å². The van der Waals surface area contributed by atoms with Crippen LogP contribution in [0.1, 0.15) is 44.9 Å². The van der Waals surface area contributed by atoms with Crippen molar-refractivity contribution in [3.05, 3.63) is 0 Å². The summed E-state index contributed by atoms with van der Waals surface area (Å²) in [6, 6.07) is 1.70.